The van der Waals surface area contributed by atoms with Gasteiger partial charge in [0.2, 0.25) is 5.91 Å². The number of rotatable bonds is 7. The maximum Gasteiger partial charge on any atom is 0.238 e. The number of ketones is 1. The van der Waals surface area contributed by atoms with E-state index >= 15 is 0 Å². The Morgan fingerprint density at radius 3 is 2.41 bits per heavy atom. The number of nitrogens with zero attached hydrogens (tertiary/aromatic N) is 1. The number of piperidine rings is 1. The molecule has 2 aromatic carbocycles. The Morgan fingerprint density at radius 1 is 1.10 bits per heavy atom. The van der Waals surface area contributed by atoms with Gasteiger partial charge in [-0.25, -0.2) is 0 Å². The standard InChI is InChI=1S/C22H27N3O4/c1-15(27)16-5-7-18(8-6-16)23-21(29)13-25-11-9-19(10-12-25)24-22-17(14-26)3-2-4-20(22)28/h2-8,19,24,26,28H,9-14H2,1H3,(H,23,29). The first-order valence-corrected chi connectivity index (χ1v) is 9.77. The highest BCUT2D eigenvalue weighted by molar-refractivity contribution is 5.96. The molecule has 0 bridgehead atoms. The number of aliphatic hydroxyl groups excluding tert-OH is 1. The lowest BCUT2D eigenvalue weighted by Gasteiger charge is -2.32. The van der Waals surface area contributed by atoms with E-state index in [-0.39, 0.29) is 30.1 Å². The van der Waals surface area contributed by atoms with Crippen LogP contribution in [0.3, 0.4) is 0 Å². The fourth-order valence-corrected chi connectivity index (χ4v) is 3.52. The molecular formula is C22H27N3O4. The van der Waals surface area contributed by atoms with Crippen LogP contribution in [0, 0.1) is 0 Å². The van der Waals surface area contributed by atoms with Gasteiger partial charge in [0, 0.05) is 35.9 Å². The van der Waals surface area contributed by atoms with E-state index in [1.54, 1.807) is 42.5 Å². The Hall–Kier alpha value is -2.90. The minimum atomic E-state index is -0.136. The average molecular weight is 397 g/mol. The molecule has 0 aliphatic carbocycles. The van der Waals surface area contributed by atoms with Gasteiger partial charge in [-0.15, -0.1) is 0 Å². The number of anilines is 2. The van der Waals surface area contributed by atoms with Gasteiger partial charge in [-0.1, -0.05) is 12.1 Å². The molecule has 1 fully saturated rings. The molecule has 154 valence electrons. The van der Waals surface area contributed by atoms with Gasteiger partial charge in [0.1, 0.15) is 5.75 Å². The largest absolute Gasteiger partial charge is 0.506 e. The number of para-hydroxylation sites is 1. The number of phenols is 1. The van der Waals surface area contributed by atoms with E-state index in [9.17, 15) is 19.8 Å². The Labute approximate surface area is 170 Å². The third kappa shape index (κ3) is 5.56. The first-order chi connectivity index (χ1) is 14.0. The van der Waals surface area contributed by atoms with Gasteiger partial charge in [-0.05, 0) is 50.1 Å². The Morgan fingerprint density at radius 2 is 1.79 bits per heavy atom. The van der Waals surface area contributed by atoms with Crippen molar-refractivity contribution in [2.45, 2.75) is 32.4 Å². The molecule has 0 spiro atoms. The highest BCUT2D eigenvalue weighted by atomic mass is 16.3. The number of phenolic OH excluding ortho intramolecular Hbond substituents is 1. The van der Waals surface area contributed by atoms with Crippen LogP contribution < -0.4 is 10.6 Å². The number of hydrogen-bond acceptors (Lipinski definition) is 6. The SMILES string of the molecule is CC(=O)c1ccc(NC(=O)CN2CCC(Nc3c(O)cccc3CO)CC2)cc1. The fraction of sp³-hybridized carbons (Fsp3) is 0.364. The lowest BCUT2D eigenvalue weighted by Crippen LogP contribution is -2.42. The number of hydrogen-bond donors (Lipinski definition) is 4. The number of Topliss-reactive ketones (excluding diaryl/α,β-unsaturated/α-hetero) is 1. The fourth-order valence-electron chi connectivity index (χ4n) is 3.52. The molecule has 1 saturated heterocycles. The van der Waals surface area contributed by atoms with Crippen molar-refractivity contribution >= 4 is 23.1 Å². The zero-order chi connectivity index (χ0) is 20.8. The molecule has 0 atom stereocenters. The van der Waals surface area contributed by atoms with Crippen molar-refractivity contribution in [2.24, 2.45) is 0 Å². The van der Waals surface area contributed by atoms with Crippen molar-refractivity contribution in [3.63, 3.8) is 0 Å². The normalized spacial score (nSPS) is 15.1. The number of amides is 1. The van der Waals surface area contributed by atoms with Crippen molar-refractivity contribution in [3.8, 4) is 5.75 Å². The first-order valence-electron chi connectivity index (χ1n) is 9.77. The van der Waals surface area contributed by atoms with Crippen molar-refractivity contribution in [2.75, 3.05) is 30.3 Å². The predicted octanol–water partition coefficient (Wildman–Crippen LogP) is 2.60. The third-order valence-electron chi connectivity index (χ3n) is 5.18. The van der Waals surface area contributed by atoms with Crippen molar-refractivity contribution in [1.29, 1.82) is 0 Å². The van der Waals surface area contributed by atoms with E-state index in [2.05, 4.69) is 15.5 Å². The van der Waals surface area contributed by atoms with Crippen LogP contribution >= 0.6 is 0 Å². The Bertz CT molecular complexity index is 859. The lowest BCUT2D eigenvalue weighted by atomic mass is 10.0. The molecule has 1 heterocycles. The predicted molar refractivity (Wildman–Crippen MR) is 112 cm³/mol. The van der Waals surface area contributed by atoms with Crippen LogP contribution in [0.4, 0.5) is 11.4 Å². The lowest BCUT2D eigenvalue weighted by molar-refractivity contribution is -0.117. The molecule has 1 aliphatic heterocycles. The van der Waals surface area contributed by atoms with Crippen molar-refractivity contribution < 1.29 is 19.8 Å². The van der Waals surface area contributed by atoms with Crippen LogP contribution in [0.5, 0.6) is 5.75 Å². The van der Waals surface area contributed by atoms with Gasteiger partial charge in [-0.3, -0.25) is 14.5 Å². The van der Waals surface area contributed by atoms with Gasteiger partial charge >= 0.3 is 0 Å². The smallest absolute Gasteiger partial charge is 0.238 e. The van der Waals surface area contributed by atoms with Gasteiger partial charge in [0.15, 0.2) is 5.78 Å². The van der Waals surface area contributed by atoms with E-state index < -0.39 is 0 Å². The number of aliphatic hydroxyl groups is 1. The van der Waals surface area contributed by atoms with E-state index in [0.717, 1.165) is 25.9 Å². The number of benzene rings is 2. The molecule has 0 saturated carbocycles. The summed E-state index contributed by atoms with van der Waals surface area (Å²) in [6, 6.07) is 12.1. The summed E-state index contributed by atoms with van der Waals surface area (Å²) in [7, 11) is 0. The zero-order valence-electron chi connectivity index (χ0n) is 16.5. The number of nitrogens with one attached hydrogen (secondary N) is 2. The minimum absolute atomic E-state index is 0.00529. The van der Waals surface area contributed by atoms with E-state index in [1.807, 2.05) is 0 Å². The van der Waals surface area contributed by atoms with Crippen molar-refractivity contribution in [3.05, 3.63) is 53.6 Å². The molecule has 2 aromatic rings. The van der Waals surface area contributed by atoms with Crippen LogP contribution in [0.2, 0.25) is 0 Å². The van der Waals surface area contributed by atoms with E-state index in [4.69, 9.17) is 0 Å². The molecule has 3 rings (SSSR count). The van der Waals surface area contributed by atoms with Gasteiger partial charge in [0.05, 0.1) is 18.8 Å². The quantitative estimate of drug-likeness (QED) is 0.423. The molecule has 0 aromatic heterocycles. The maximum absolute atomic E-state index is 12.3. The van der Waals surface area contributed by atoms with Gasteiger partial charge < -0.3 is 20.8 Å². The first kappa shape index (κ1) is 20.8. The van der Waals surface area contributed by atoms with Crippen LogP contribution in [-0.2, 0) is 11.4 Å². The molecule has 0 unspecified atom stereocenters. The van der Waals surface area contributed by atoms with Gasteiger partial charge in [-0.2, -0.15) is 0 Å². The minimum Gasteiger partial charge on any atom is -0.506 e. The summed E-state index contributed by atoms with van der Waals surface area (Å²) in [6.07, 6.45) is 1.67. The van der Waals surface area contributed by atoms with Crippen LogP contribution in [0.15, 0.2) is 42.5 Å². The van der Waals surface area contributed by atoms with E-state index in [0.29, 0.717) is 29.0 Å². The molecule has 7 heteroatoms. The average Bonchev–Trinajstić information content (AvgIpc) is 2.71. The zero-order valence-corrected chi connectivity index (χ0v) is 16.5. The van der Waals surface area contributed by atoms with Gasteiger partial charge in [0.25, 0.3) is 0 Å². The second-order valence-corrected chi connectivity index (χ2v) is 7.35. The maximum atomic E-state index is 12.3. The van der Waals surface area contributed by atoms with Crippen LogP contribution in [0.1, 0.15) is 35.7 Å². The number of carbonyl (C=O) groups excluding carboxylic acids is 2. The monoisotopic (exact) mass is 397 g/mol. The summed E-state index contributed by atoms with van der Waals surface area (Å²) < 4.78 is 0. The highest BCUT2D eigenvalue weighted by Gasteiger charge is 2.22. The van der Waals surface area contributed by atoms with Crippen molar-refractivity contribution in [1.82, 2.24) is 4.90 Å². The Balaban J connectivity index is 1.47. The third-order valence-corrected chi connectivity index (χ3v) is 5.18. The molecule has 0 radical (unpaired) electrons. The number of aromatic hydroxyl groups is 1. The molecule has 1 amide bonds. The number of likely N-dealkylation sites (tertiary alicyclic amines) is 1. The molecular weight excluding hydrogens is 370 g/mol. The second kappa shape index (κ2) is 9.54. The van der Waals surface area contributed by atoms with E-state index in [1.165, 1.54) is 6.92 Å². The summed E-state index contributed by atoms with van der Waals surface area (Å²) in [6.45, 7) is 3.20. The summed E-state index contributed by atoms with van der Waals surface area (Å²) in [4.78, 5) is 25.7. The Kier molecular flexibility index (Phi) is 6.85. The molecule has 1 aliphatic rings. The summed E-state index contributed by atoms with van der Waals surface area (Å²) in [5.74, 6) is 0.0405. The molecule has 29 heavy (non-hydrogen) atoms. The summed E-state index contributed by atoms with van der Waals surface area (Å²) in [5, 5.41) is 25.7. The highest BCUT2D eigenvalue weighted by Crippen LogP contribution is 2.29. The summed E-state index contributed by atoms with van der Waals surface area (Å²) in [5.41, 5.74) is 2.54. The van der Waals surface area contributed by atoms with Crippen LogP contribution in [-0.4, -0.2) is 52.5 Å². The van der Waals surface area contributed by atoms with Crippen LogP contribution in [0.25, 0.3) is 0 Å². The molecule has 7 nitrogen and oxygen atoms in total. The topological polar surface area (TPSA) is 102 Å². The number of carbonyl (C=O) groups is 2. The molecule has 4 N–H and O–H groups in total. The second-order valence-electron chi connectivity index (χ2n) is 7.35. The summed E-state index contributed by atoms with van der Waals surface area (Å²) >= 11 is 0.